The van der Waals surface area contributed by atoms with Gasteiger partial charge in [-0.2, -0.15) is 13.2 Å². The summed E-state index contributed by atoms with van der Waals surface area (Å²) < 4.78 is 59.6. The SMILES string of the molecule is CCOc1cc([C@@H](OC[C@H]2CO2)C(F)(F)F)ccc1OC. The Morgan fingerprint density at radius 2 is 2.05 bits per heavy atom. The summed E-state index contributed by atoms with van der Waals surface area (Å²) in [6, 6.07) is 4.07. The Balaban J connectivity index is 2.22. The third kappa shape index (κ3) is 4.25. The number of ether oxygens (including phenoxy) is 4. The minimum atomic E-state index is -4.51. The molecule has 1 aliphatic rings. The van der Waals surface area contributed by atoms with Crippen molar-refractivity contribution in [1.29, 1.82) is 0 Å². The number of halogens is 3. The predicted molar refractivity (Wildman–Crippen MR) is 68.7 cm³/mol. The summed E-state index contributed by atoms with van der Waals surface area (Å²) in [6.07, 6.45) is -6.75. The lowest BCUT2D eigenvalue weighted by atomic mass is 10.1. The van der Waals surface area contributed by atoms with Crippen molar-refractivity contribution < 1.29 is 32.1 Å². The zero-order valence-corrected chi connectivity index (χ0v) is 11.8. The van der Waals surface area contributed by atoms with Gasteiger partial charge in [-0.1, -0.05) is 6.07 Å². The quantitative estimate of drug-likeness (QED) is 0.726. The third-order valence-corrected chi connectivity index (χ3v) is 2.94. The van der Waals surface area contributed by atoms with E-state index in [9.17, 15) is 13.2 Å². The van der Waals surface area contributed by atoms with Gasteiger partial charge >= 0.3 is 6.18 Å². The molecule has 0 spiro atoms. The Bertz CT molecular complexity index is 472. The molecular formula is C14H17F3O4. The highest BCUT2D eigenvalue weighted by Gasteiger charge is 2.43. The first-order chi connectivity index (χ1) is 9.95. The van der Waals surface area contributed by atoms with Gasteiger partial charge in [-0.15, -0.1) is 0 Å². The number of benzene rings is 1. The van der Waals surface area contributed by atoms with Crippen LogP contribution in [0.3, 0.4) is 0 Å². The molecule has 0 bridgehead atoms. The van der Waals surface area contributed by atoms with E-state index in [-0.39, 0.29) is 24.0 Å². The van der Waals surface area contributed by atoms with Crippen molar-refractivity contribution in [3.8, 4) is 11.5 Å². The fraction of sp³-hybridized carbons (Fsp3) is 0.571. The van der Waals surface area contributed by atoms with Gasteiger partial charge in [0, 0.05) is 0 Å². The van der Waals surface area contributed by atoms with E-state index in [0.717, 1.165) is 0 Å². The van der Waals surface area contributed by atoms with E-state index < -0.39 is 12.3 Å². The smallest absolute Gasteiger partial charge is 0.418 e. The van der Waals surface area contributed by atoms with Gasteiger partial charge in [0.05, 0.1) is 26.9 Å². The molecule has 1 fully saturated rings. The van der Waals surface area contributed by atoms with Crippen LogP contribution >= 0.6 is 0 Å². The maximum absolute atomic E-state index is 13.1. The highest BCUT2D eigenvalue weighted by molar-refractivity contribution is 5.43. The van der Waals surface area contributed by atoms with Gasteiger partial charge in [-0.25, -0.2) is 0 Å². The van der Waals surface area contributed by atoms with Crippen LogP contribution in [-0.2, 0) is 9.47 Å². The average molecular weight is 306 g/mol. The number of methoxy groups -OCH3 is 1. The topological polar surface area (TPSA) is 40.2 Å². The number of epoxide rings is 1. The molecule has 2 atom stereocenters. The van der Waals surface area contributed by atoms with Gasteiger partial charge < -0.3 is 18.9 Å². The van der Waals surface area contributed by atoms with Gasteiger partial charge in [-0.3, -0.25) is 0 Å². The largest absolute Gasteiger partial charge is 0.493 e. The Hall–Kier alpha value is -1.47. The summed E-state index contributed by atoms with van der Waals surface area (Å²) in [5.41, 5.74) is -0.0209. The van der Waals surface area contributed by atoms with Crippen molar-refractivity contribution in [1.82, 2.24) is 0 Å². The molecule has 0 aromatic heterocycles. The molecule has 118 valence electrons. The van der Waals surface area contributed by atoms with Crippen LogP contribution in [0.1, 0.15) is 18.6 Å². The van der Waals surface area contributed by atoms with E-state index in [1.165, 1.54) is 25.3 Å². The van der Waals surface area contributed by atoms with Gasteiger partial charge in [0.25, 0.3) is 0 Å². The molecule has 0 amide bonds. The minimum absolute atomic E-state index is 0.0209. The van der Waals surface area contributed by atoms with E-state index in [4.69, 9.17) is 18.9 Å². The summed E-state index contributed by atoms with van der Waals surface area (Å²) >= 11 is 0. The van der Waals surface area contributed by atoms with Crippen LogP contribution in [0.2, 0.25) is 0 Å². The van der Waals surface area contributed by atoms with E-state index >= 15 is 0 Å². The summed E-state index contributed by atoms with van der Waals surface area (Å²) in [5.74, 6) is 0.644. The van der Waals surface area contributed by atoms with E-state index in [1.54, 1.807) is 6.92 Å². The van der Waals surface area contributed by atoms with Crippen molar-refractivity contribution >= 4 is 0 Å². The molecule has 0 radical (unpaired) electrons. The van der Waals surface area contributed by atoms with Crippen molar-refractivity contribution in [3.05, 3.63) is 23.8 Å². The molecule has 0 saturated carbocycles. The first-order valence-corrected chi connectivity index (χ1v) is 6.56. The standard InChI is InChI=1S/C14H17F3O4/c1-3-19-12-6-9(4-5-11(12)18-2)13(14(15,16)17)21-8-10-7-20-10/h4-6,10,13H,3,7-8H2,1-2H3/t10-,13-/m1/s1. The Morgan fingerprint density at radius 1 is 1.33 bits per heavy atom. The fourth-order valence-electron chi connectivity index (χ4n) is 1.87. The van der Waals surface area contributed by atoms with Crippen LogP contribution in [0.4, 0.5) is 13.2 Å². The van der Waals surface area contributed by atoms with Gasteiger partial charge in [-0.05, 0) is 24.6 Å². The molecule has 1 aliphatic heterocycles. The zero-order valence-electron chi connectivity index (χ0n) is 11.8. The van der Waals surface area contributed by atoms with Crippen molar-refractivity contribution in [2.24, 2.45) is 0 Å². The number of rotatable bonds is 7. The zero-order chi connectivity index (χ0) is 15.5. The Labute approximate surface area is 120 Å². The normalized spacial score (nSPS) is 19.2. The molecule has 0 aliphatic carbocycles. The fourth-order valence-corrected chi connectivity index (χ4v) is 1.87. The first-order valence-electron chi connectivity index (χ1n) is 6.56. The molecule has 0 N–H and O–H groups in total. The van der Waals surface area contributed by atoms with Gasteiger partial charge in [0.2, 0.25) is 0 Å². The van der Waals surface area contributed by atoms with E-state index in [0.29, 0.717) is 19.0 Å². The molecule has 4 nitrogen and oxygen atoms in total. The Kier molecular flexibility index (Phi) is 4.95. The summed E-state index contributed by atoms with van der Waals surface area (Å²) in [5, 5.41) is 0. The van der Waals surface area contributed by atoms with Crippen molar-refractivity contribution in [2.45, 2.75) is 25.3 Å². The molecule has 0 unspecified atom stereocenters. The number of hydrogen-bond donors (Lipinski definition) is 0. The van der Waals surface area contributed by atoms with Crippen LogP contribution in [0.15, 0.2) is 18.2 Å². The second kappa shape index (κ2) is 6.53. The monoisotopic (exact) mass is 306 g/mol. The second-order valence-electron chi connectivity index (χ2n) is 4.55. The molecule has 7 heteroatoms. The predicted octanol–water partition coefficient (Wildman–Crippen LogP) is 3.11. The van der Waals surface area contributed by atoms with Crippen molar-refractivity contribution in [3.63, 3.8) is 0 Å². The Morgan fingerprint density at radius 3 is 2.57 bits per heavy atom. The molecule has 1 aromatic rings. The maximum atomic E-state index is 13.1. The van der Waals surface area contributed by atoms with Crippen LogP contribution in [-0.4, -0.2) is 39.2 Å². The molecule has 1 heterocycles. The molecule has 2 rings (SSSR count). The molecule has 21 heavy (non-hydrogen) atoms. The van der Waals surface area contributed by atoms with Gasteiger partial charge in [0.15, 0.2) is 17.6 Å². The van der Waals surface area contributed by atoms with E-state index in [2.05, 4.69) is 0 Å². The average Bonchev–Trinajstić information content (AvgIpc) is 3.22. The van der Waals surface area contributed by atoms with Crippen molar-refractivity contribution in [2.75, 3.05) is 26.9 Å². The summed E-state index contributed by atoms with van der Waals surface area (Å²) in [6.45, 7) is 2.43. The molecule has 1 aromatic carbocycles. The van der Waals surface area contributed by atoms with E-state index in [1.807, 2.05) is 0 Å². The van der Waals surface area contributed by atoms with Crippen LogP contribution in [0, 0.1) is 0 Å². The lowest BCUT2D eigenvalue weighted by Crippen LogP contribution is -2.25. The highest BCUT2D eigenvalue weighted by atomic mass is 19.4. The number of alkyl halides is 3. The summed E-state index contributed by atoms with van der Waals surface area (Å²) in [4.78, 5) is 0. The molecule has 1 saturated heterocycles. The first kappa shape index (κ1) is 15.9. The minimum Gasteiger partial charge on any atom is -0.493 e. The highest BCUT2D eigenvalue weighted by Crippen LogP contribution is 2.39. The van der Waals surface area contributed by atoms with Crippen LogP contribution in [0.5, 0.6) is 11.5 Å². The van der Waals surface area contributed by atoms with Gasteiger partial charge in [0.1, 0.15) is 6.10 Å². The molecular weight excluding hydrogens is 289 g/mol. The maximum Gasteiger partial charge on any atom is 0.418 e. The second-order valence-corrected chi connectivity index (χ2v) is 4.55. The summed E-state index contributed by atoms with van der Waals surface area (Å²) in [7, 11) is 1.43. The van der Waals surface area contributed by atoms with Crippen LogP contribution in [0.25, 0.3) is 0 Å². The number of hydrogen-bond acceptors (Lipinski definition) is 4. The lowest BCUT2D eigenvalue weighted by Gasteiger charge is -2.22. The third-order valence-electron chi connectivity index (χ3n) is 2.94. The van der Waals surface area contributed by atoms with Crippen LogP contribution < -0.4 is 9.47 Å². The lowest BCUT2D eigenvalue weighted by molar-refractivity contribution is -0.224.